The summed E-state index contributed by atoms with van der Waals surface area (Å²) in [5, 5.41) is 6.94. The highest BCUT2D eigenvalue weighted by Crippen LogP contribution is 2.25. The standard InChI is InChI=1S/C18H24N4O2/c23-16(20-13-8-14-4-2-1-3-5-14)6-7-17-21-18(22-24-17)15-9-11-19-12-10-15/h9-12,14H,1-8,13H2,(H,20,23). The summed E-state index contributed by atoms with van der Waals surface area (Å²) in [6, 6.07) is 3.65. The second kappa shape index (κ2) is 8.57. The lowest BCUT2D eigenvalue weighted by Gasteiger charge is -2.21. The second-order valence-corrected chi connectivity index (χ2v) is 6.39. The Labute approximate surface area is 142 Å². The van der Waals surface area contributed by atoms with Crippen molar-refractivity contribution in [3.8, 4) is 11.4 Å². The number of carbonyl (C=O) groups excluding carboxylic acids is 1. The van der Waals surface area contributed by atoms with E-state index in [1.54, 1.807) is 12.4 Å². The Morgan fingerprint density at radius 2 is 2.00 bits per heavy atom. The summed E-state index contributed by atoms with van der Waals surface area (Å²) >= 11 is 0. The Morgan fingerprint density at radius 3 is 2.79 bits per heavy atom. The number of aromatic nitrogens is 3. The molecular weight excluding hydrogens is 304 g/mol. The minimum Gasteiger partial charge on any atom is -0.356 e. The number of hydrogen-bond acceptors (Lipinski definition) is 5. The van der Waals surface area contributed by atoms with E-state index in [1.807, 2.05) is 12.1 Å². The van der Waals surface area contributed by atoms with Crippen LogP contribution in [0.25, 0.3) is 11.4 Å². The van der Waals surface area contributed by atoms with Crippen LogP contribution in [0, 0.1) is 5.92 Å². The summed E-state index contributed by atoms with van der Waals surface area (Å²) in [6.07, 6.45) is 12.0. The molecule has 0 atom stereocenters. The molecule has 0 radical (unpaired) electrons. The van der Waals surface area contributed by atoms with Crippen molar-refractivity contribution >= 4 is 5.91 Å². The smallest absolute Gasteiger partial charge is 0.227 e. The van der Waals surface area contributed by atoms with Crippen molar-refractivity contribution in [3.05, 3.63) is 30.4 Å². The first-order valence-corrected chi connectivity index (χ1v) is 8.81. The van der Waals surface area contributed by atoms with E-state index in [4.69, 9.17) is 4.52 Å². The van der Waals surface area contributed by atoms with Crippen molar-refractivity contribution in [2.24, 2.45) is 5.92 Å². The molecule has 1 aliphatic rings. The van der Waals surface area contributed by atoms with Crippen LogP contribution in [0.3, 0.4) is 0 Å². The molecule has 1 saturated carbocycles. The van der Waals surface area contributed by atoms with E-state index in [0.717, 1.165) is 24.4 Å². The minimum absolute atomic E-state index is 0.0504. The Bertz CT molecular complexity index is 635. The Kier molecular flexibility index (Phi) is 5.93. The highest BCUT2D eigenvalue weighted by Gasteiger charge is 2.14. The number of nitrogens with zero attached hydrogens (tertiary/aromatic N) is 3. The largest absolute Gasteiger partial charge is 0.356 e. The number of pyridine rings is 1. The predicted molar refractivity (Wildman–Crippen MR) is 90.1 cm³/mol. The normalized spacial score (nSPS) is 15.3. The molecule has 1 amide bonds. The highest BCUT2D eigenvalue weighted by molar-refractivity contribution is 5.75. The molecule has 2 heterocycles. The third-order valence-electron chi connectivity index (χ3n) is 4.57. The average molecular weight is 328 g/mol. The second-order valence-electron chi connectivity index (χ2n) is 6.39. The van der Waals surface area contributed by atoms with Gasteiger partial charge in [0.15, 0.2) is 0 Å². The van der Waals surface area contributed by atoms with Gasteiger partial charge in [0.1, 0.15) is 0 Å². The monoisotopic (exact) mass is 328 g/mol. The third-order valence-corrected chi connectivity index (χ3v) is 4.57. The quantitative estimate of drug-likeness (QED) is 0.844. The molecule has 0 aliphatic heterocycles. The molecule has 6 nitrogen and oxygen atoms in total. The van der Waals surface area contributed by atoms with Gasteiger partial charge in [-0.05, 0) is 24.5 Å². The molecule has 128 valence electrons. The zero-order chi connectivity index (χ0) is 16.6. The minimum atomic E-state index is 0.0504. The Balaban J connectivity index is 1.38. The third kappa shape index (κ3) is 4.88. The van der Waals surface area contributed by atoms with Gasteiger partial charge in [-0.1, -0.05) is 37.3 Å². The molecule has 1 fully saturated rings. The maximum atomic E-state index is 11.9. The van der Waals surface area contributed by atoms with E-state index in [1.165, 1.54) is 32.1 Å². The van der Waals surface area contributed by atoms with Crippen LogP contribution < -0.4 is 5.32 Å². The van der Waals surface area contributed by atoms with Gasteiger partial charge in [-0.25, -0.2) is 0 Å². The molecule has 24 heavy (non-hydrogen) atoms. The average Bonchev–Trinajstić information content (AvgIpc) is 3.11. The first-order valence-electron chi connectivity index (χ1n) is 8.81. The summed E-state index contributed by atoms with van der Waals surface area (Å²) < 4.78 is 5.21. The van der Waals surface area contributed by atoms with Gasteiger partial charge >= 0.3 is 0 Å². The van der Waals surface area contributed by atoms with E-state index in [9.17, 15) is 4.79 Å². The number of rotatable bonds is 7. The van der Waals surface area contributed by atoms with Crippen molar-refractivity contribution < 1.29 is 9.32 Å². The SMILES string of the molecule is O=C(CCc1nc(-c2ccncc2)no1)NCCC1CCCCC1. The molecule has 0 saturated heterocycles. The molecule has 0 bridgehead atoms. The summed E-state index contributed by atoms with van der Waals surface area (Å²) in [5.41, 5.74) is 0.858. The van der Waals surface area contributed by atoms with Crippen LogP contribution in [0.5, 0.6) is 0 Å². The van der Waals surface area contributed by atoms with Crippen LogP contribution in [0.15, 0.2) is 29.0 Å². The molecule has 2 aromatic rings. The van der Waals surface area contributed by atoms with Crippen molar-refractivity contribution in [1.29, 1.82) is 0 Å². The van der Waals surface area contributed by atoms with Crippen LogP contribution in [0.1, 0.15) is 50.8 Å². The van der Waals surface area contributed by atoms with Crippen LogP contribution in [0.4, 0.5) is 0 Å². The van der Waals surface area contributed by atoms with Gasteiger partial charge in [0, 0.05) is 37.3 Å². The maximum Gasteiger partial charge on any atom is 0.227 e. The maximum absolute atomic E-state index is 11.9. The Morgan fingerprint density at radius 1 is 1.21 bits per heavy atom. The summed E-state index contributed by atoms with van der Waals surface area (Å²) in [7, 11) is 0. The van der Waals surface area contributed by atoms with E-state index in [2.05, 4.69) is 20.4 Å². The molecule has 0 unspecified atom stereocenters. The number of carbonyl (C=O) groups is 1. The topological polar surface area (TPSA) is 80.9 Å². The first kappa shape index (κ1) is 16.6. The van der Waals surface area contributed by atoms with Crippen LogP contribution in [0.2, 0.25) is 0 Å². The summed E-state index contributed by atoms with van der Waals surface area (Å²) in [4.78, 5) is 20.2. The molecule has 0 spiro atoms. The van der Waals surface area contributed by atoms with Crippen LogP contribution in [-0.2, 0) is 11.2 Å². The van der Waals surface area contributed by atoms with E-state index in [0.29, 0.717) is 24.6 Å². The van der Waals surface area contributed by atoms with Gasteiger partial charge in [-0.3, -0.25) is 9.78 Å². The summed E-state index contributed by atoms with van der Waals surface area (Å²) in [5.74, 6) is 1.86. The first-order chi connectivity index (χ1) is 11.8. The lowest BCUT2D eigenvalue weighted by Crippen LogP contribution is -2.26. The zero-order valence-electron chi connectivity index (χ0n) is 13.9. The molecule has 2 aromatic heterocycles. The van der Waals surface area contributed by atoms with E-state index >= 15 is 0 Å². The van der Waals surface area contributed by atoms with Gasteiger partial charge in [0.2, 0.25) is 17.6 Å². The van der Waals surface area contributed by atoms with E-state index < -0.39 is 0 Å². The fourth-order valence-corrected chi connectivity index (χ4v) is 3.18. The van der Waals surface area contributed by atoms with Crippen molar-refractivity contribution in [1.82, 2.24) is 20.4 Å². The molecule has 1 N–H and O–H groups in total. The number of nitrogens with one attached hydrogen (secondary N) is 1. The molecular formula is C18H24N4O2. The lowest BCUT2D eigenvalue weighted by molar-refractivity contribution is -0.121. The fourth-order valence-electron chi connectivity index (χ4n) is 3.18. The lowest BCUT2D eigenvalue weighted by atomic mass is 9.87. The highest BCUT2D eigenvalue weighted by atomic mass is 16.5. The van der Waals surface area contributed by atoms with Gasteiger partial charge in [0.25, 0.3) is 0 Å². The van der Waals surface area contributed by atoms with E-state index in [-0.39, 0.29) is 5.91 Å². The molecule has 3 rings (SSSR count). The van der Waals surface area contributed by atoms with Crippen LogP contribution in [-0.4, -0.2) is 27.6 Å². The Hall–Kier alpha value is -2.24. The summed E-state index contributed by atoms with van der Waals surface area (Å²) in [6.45, 7) is 0.773. The number of aryl methyl sites for hydroxylation is 1. The van der Waals surface area contributed by atoms with Crippen LogP contribution >= 0.6 is 0 Å². The van der Waals surface area contributed by atoms with Gasteiger partial charge in [0.05, 0.1) is 0 Å². The zero-order valence-corrected chi connectivity index (χ0v) is 13.9. The van der Waals surface area contributed by atoms with Gasteiger partial charge in [-0.15, -0.1) is 0 Å². The number of hydrogen-bond donors (Lipinski definition) is 1. The van der Waals surface area contributed by atoms with Gasteiger partial charge < -0.3 is 9.84 Å². The van der Waals surface area contributed by atoms with Gasteiger partial charge in [-0.2, -0.15) is 4.98 Å². The molecule has 1 aliphatic carbocycles. The van der Waals surface area contributed by atoms with Crippen molar-refractivity contribution in [2.45, 2.75) is 51.4 Å². The fraction of sp³-hybridized carbons (Fsp3) is 0.556. The van der Waals surface area contributed by atoms with Crippen molar-refractivity contribution in [3.63, 3.8) is 0 Å². The molecule has 0 aromatic carbocycles. The number of amides is 1. The predicted octanol–water partition coefficient (Wildman–Crippen LogP) is 3.15. The molecule has 6 heteroatoms. The van der Waals surface area contributed by atoms with Crippen molar-refractivity contribution in [2.75, 3.05) is 6.54 Å².